The Balaban J connectivity index is 3.92. The average Bonchev–Trinajstić information content (AvgIpc) is 3.11. The van der Waals surface area contributed by atoms with E-state index < -0.39 is 32.5 Å². The van der Waals surface area contributed by atoms with Crippen LogP contribution < -0.4 is 0 Å². The zero-order valence-electron chi connectivity index (χ0n) is 33.2. The van der Waals surface area contributed by atoms with Crippen molar-refractivity contribution in [1.82, 2.24) is 0 Å². The summed E-state index contributed by atoms with van der Waals surface area (Å²) in [7, 11) is -4.76. The minimum atomic E-state index is -4.76. The number of carbonyl (C=O) groups excluding carboxylic acids is 2. The molecule has 0 radical (unpaired) electrons. The molecule has 0 spiro atoms. The summed E-state index contributed by atoms with van der Waals surface area (Å²) >= 11 is 0. The number of carbonyl (C=O) groups is 2. The number of esters is 2. The van der Waals surface area contributed by atoms with E-state index in [1.165, 1.54) is 83.5 Å². The molecule has 2 N–H and O–H groups in total. The molecule has 0 aromatic carbocycles. The van der Waals surface area contributed by atoms with Gasteiger partial charge in [0.05, 0.1) is 6.61 Å². The predicted octanol–water partition coefficient (Wildman–Crippen LogP) is 12.7. The van der Waals surface area contributed by atoms with Gasteiger partial charge in [-0.3, -0.25) is 14.1 Å². The van der Waals surface area contributed by atoms with Crippen LogP contribution in [0.1, 0.15) is 194 Å². The number of hydrogen-bond acceptors (Lipinski definition) is 6. The molecule has 0 aliphatic heterocycles. The molecule has 0 saturated carbocycles. The quantitative estimate of drug-likeness (QED) is 0.0277. The normalized spacial score (nSPS) is 12.9. The molecule has 52 heavy (non-hydrogen) atoms. The summed E-state index contributed by atoms with van der Waals surface area (Å²) < 4.78 is 26.4. The third kappa shape index (κ3) is 40.8. The molecule has 0 bridgehead atoms. The number of unbranched alkanes of at least 4 members (excludes halogenated alkanes) is 20. The predicted molar refractivity (Wildman–Crippen MR) is 216 cm³/mol. The van der Waals surface area contributed by atoms with Gasteiger partial charge in [0.1, 0.15) is 6.61 Å². The van der Waals surface area contributed by atoms with E-state index >= 15 is 0 Å². The highest BCUT2D eigenvalue weighted by Crippen LogP contribution is 2.36. The Bertz CT molecular complexity index is 984. The van der Waals surface area contributed by atoms with Gasteiger partial charge >= 0.3 is 19.8 Å². The van der Waals surface area contributed by atoms with Crippen LogP contribution in [-0.2, 0) is 28.2 Å². The maximum atomic E-state index is 12.4. The second-order valence-corrected chi connectivity index (χ2v) is 15.2. The SMILES string of the molecule is CC/C=C/C/C=C/C/C=C/CCCCCCCC(=O)O[C@H](COC(=O)CCCCCCCCCCC/C=C/CCCCCCCC)COP(=O)(O)O. The van der Waals surface area contributed by atoms with Crippen LogP contribution in [0.4, 0.5) is 0 Å². The van der Waals surface area contributed by atoms with Gasteiger partial charge in [0.25, 0.3) is 0 Å². The fourth-order valence-electron chi connectivity index (χ4n) is 5.73. The third-order valence-corrected chi connectivity index (χ3v) is 9.32. The lowest BCUT2D eigenvalue weighted by Gasteiger charge is -2.18. The number of rotatable bonds is 38. The summed E-state index contributed by atoms with van der Waals surface area (Å²) in [5.74, 6) is -0.906. The van der Waals surface area contributed by atoms with Crippen LogP contribution in [0.15, 0.2) is 48.6 Å². The summed E-state index contributed by atoms with van der Waals surface area (Å²) in [6.45, 7) is 3.56. The molecule has 0 unspecified atom stereocenters. The lowest BCUT2D eigenvalue weighted by molar-refractivity contribution is -0.161. The first-order chi connectivity index (χ1) is 25.3. The van der Waals surface area contributed by atoms with E-state index in [2.05, 4.69) is 67.0 Å². The molecule has 1 atom stereocenters. The molecule has 0 aromatic heterocycles. The Labute approximate surface area is 318 Å². The first-order valence-corrected chi connectivity index (χ1v) is 22.5. The van der Waals surface area contributed by atoms with Gasteiger partial charge < -0.3 is 19.3 Å². The molecule has 0 amide bonds. The Morgan fingerprint density at radius 3 is 1.40 bits per heavy atom. The van der Waals surface area contributed by atoms with Crippen molar-refractivity contribution in [3.8, 4) is 0 Å². The minimum absolute atomic E-state index is 0.191. The van der Waals surface area contributed by atoms with Gasteiger partial charge in [-0.05, 0) is 70.6 Å². The van der Waals surface area contributed by atoms with Crippen LogP contribution in [0.5, 0.6) is 0 Å². The summed E-state index contributed by atoms with van der Waals surface area (Å²) in [6.07, 6.45) is 46.9. The lowest BCUT2D eigenvalue weighted by atomic mass is 10.1. The van der Waals surface area contributed by atoms with E-state index in [1.54, 1.807) is 0 Å². The van der Waals surface area contributed by atoms with Crippen molar-refractivity contribution in [3.63, 3.8) is 0 Å². The maximum absolute atomic E-state index is 12.4. The Kier molecular flexibility index (Phi) is 37.2. The van der Waals surface area contributed by atoms with Gasteiger partial charge in [-0.1, -0.05) is 159 Å². The van der Waals surface area contributed by atoms with Crippen LogP contribution in [0.2, 0.25) is 0 Å². The molecule has 302 valence electrons. The first kappa shape index (κ1) is 50.0. The van der Waals surface area contributed by atoms with Crippen molar-refractivity contribution in [3.05, 3.63) is 48.6 Å². The minimum Gasteiger partial charge on any atom is -0.462 e. The second kappa shape index (κ2) is 38.7. The topological polar surface area (TPSA) is 119 Å². The molecule has 0 fully saturated rings. The standard InChI is InChI=1S/C43H77O8P/c1-3-5-7-9-11-13-15-17-19-20-21-22-24-25-27-29-31-33-35-37-42(44)49-39-41(40-50-52(46,47)48)51-43(45)38-36-34-32-30-28-26-23-18-16-14-12-10-8-6-4-2/h6,8,12,14,17-19,23,41H,3-5,7,9-11,13,15-16,20-22,24-40H2,1-2H3,(H2,46,47,48)/b8-6+,14-12+,19-17+,23-18+/t41-/m1/s1. The highest BCUT2D eigenvalue weighted by atomic mass is 31.2. The highest BCUT2D eigenvalue weighted by Gasteiger charge is 2.22. The smallest absolute Gasteiger partial charge is 0.462 e. The van der Waals surface area contributed by atoms with Crippen LogP contribution >= 0.6 is 7.82 Å². The number of hydrogen-bond donors (Lipinski definition) is 2. The molecule has 9 heteroatoms. The Morgan fingerprint density at radius 2 is 0.923 bits per heavy atom. The van der Waals surface area contributed by atoms with Crippen molar-refractivity contribution in [1.29, 1.82) is 0 Å². The van der Waals surface area contributed by atoms with Gasteiger partial charge in [0.15, 0.2) is 6.10 Å². The number of phosphoric ester groups is 1. The van der Waals surface area contributed by atoms with E-state index in [4.69, 9.17) is 19.3 Å². The molecule has 0 heterocycles. The van der Waals surface area contributed by atoms with Crippen molar-refractivity contribution in [2.24, 2.45) is 0 Å². The molecular weight excluding hydrogens is 675 g/mol. The van der Waals surface area contributed by atoms with Gasteiger partial charge in [0, 0.05) is 12.8 Å². The Morgan fingerprint density at radius 1 is 0.519 bits per heavy atom. The average molecular weight is 753 g/mol. The summed E-state index contributed by atoms with van der Waals surface area (Å²) in [6, 6.07) is 0. The molecule has 0 aromatic rings. The van der Waals surface area contributed by atoms with Crippen LogP contribution in [-0.4, -0.2) is 41.0 Å². The zero-order chi connectivity index (χ0) is 38.2. The van der Waals surface area contributed by atoms with E-state index in [9.17, 15) is 14.2 Å². The second-order valence-electron chi connectivity index (χ2n) is 13.9. The fourth-order valence-corrected chi connectivity index (χ4v) is 6.10. The molecule has 0 rings (SSSR count). The van der Waals surface area contributed by atoms with Gasteiger partial charge in [-0.2, -0.15) is 0 Å². The largest absolute Gasteiger partial charge is 0.469 e. The van der Waals surface area contributed by atoms with Crippen molar-refractivity contribution < 1.29 is 37.9 Å². The third-order valence-electron chi connectivity index (χ3n) is 8.83. The number of allylic oxidation sites excluding steroid dienone is 8. The fraction of sp³-hybridized carbons (Fsp3) is 0.767. The van der Waals surface area contributed by atoms with Crippen molar-refractivity contribution in [2.45, 2.75) is 200 Å². The molecule has 0 saturated heterocycles. The van der Waals surface area contributed by atoms with Gasteiger partial charge in [-0.25, -0.2) is 4.57 Å². The van der Waals surface area contributed by atoms with E-state index in [-0.39, 0.29) is 19.4 Å². The van der Waals surface area contributed by atoms with Crippen LogP contribution in [0.25, 0.3) is 0 Å². The maximum Gasteiger partial charge on any atom is 0.469 e. The summed E-state index contributed by atoms with van der Waals surface area (Å²) in [4.78, 5) is 42.8. The van der Waals surface area contributed by atoms with Crippen LogP contribution in [0.3, 0.4) is 0 Å². The van der Waals surface area contributed by atoms with Gasteiger partial charge in [-0.15, -0.1) is 0 Å². The summed E-state index contributed by atoms with van der Waals surface area (Å²) in [5, 5.41) is 0. The van der Waals surface area contributed by atoms with Crippen molar-refractivity contribution in [2.75, 3.05) is 13.2 Å². The van der Waals surface area contributed by atoms with Crippen molar-refractivity contribution >= 4 is 19.8 Å². The van der Waals surface area contributed by atoms with E-state index in [1.807, 2.05) is 0 Å². The summed E-state index contributed by atoms with van der Waals surface area (Å²) in [5.41, 5.74) is 0. The van der Waals surface area contributed by atoms with E-state index in [0.717, 1.165) is 77.0 Å². The molecule has 0 aliphatic carbocycles. The van der Waals surface area contributed by atoms with Crippen LogP contribution in [0, 0.1) is 0 Å². The van der Waals surface area contributed by atoms with Gasteiger partial charge in [0.2, 0.25) is 0 Å². The zero-order valence-corrected chi connectivity index (χ0v) is 34.1. The van der Waals surface area contributed by atoms with E-state index in [0.29, 0.717) is 6.42 Å². The molecule has 0 aliphatic rings. The molecule has 8 nitrogen and oxygen atoms in total. The first-order valence-electron chi connectivity index (χ1n) is 20.9. The lowest BCUT2D eigenvalue weighted by Crippen LogP contribution is -2.29. The highest BCUT2D eigenvalue weighted by molar-refractivity contribution is 7.46. The monoisotopic (exact) mass is 753 g/mol. The number of ether oxygens (including phenoxy) is 2. The molecular formula is C43H77O8P. The number of phosphoric acid groups is 1. The Hall–Kier alpha value is -1.99.